The molecular formula is C22H23F3N2O4. The summed E-state index contributed by atoms with van der Waals surface area (Å²) in [7, 11) is 0. The maximum Gasteiger partial charge on any atom is 0.416 e. The molecule has 2 N–H and O–H groups in total. The fraction of sp³-hybridized carbons (Fsp3) is 0.364. The predicted molar refractivity (Wildman–Crippen MR) is 108 cm³/mol. The van der Waals surface area contributed by atoms with Gasteiger partial charge in [-0.2, -0.15) is 13.2 Å². The Morgan fingerprint density at radius 3 is 2.23 bits per heavy atom. The van der Waals surface area contributed by atoms with Crippen molar-refractivity contribution in [3.63, 3.8) is 0 Å². The van der Waals surface area contributed by atoms with Gasteiger partial charge in [-0.25, -0.2) is 4.79 Å². The van der Waals surface area contributed by atoms with Crippen LogP contribution in [0.5, 0.6) is 0 Å². The van der Waals surface area contributed by atoms with Gasteiger partial charge in [-0.15, -0.1) is 0 Å². The predicted octanol–water partition coefficient (Wildman–Crippen LogP) is 4.40. The van der Waals surface area contributed by atoms with Crippen LogP contribution < -0.4 is 5.32 Å². The Hall–Kier alpha value is -3.07. The standard InChI is InChI=1S/C22H23F3N2O4/c1-20(2,3)31-19(29)26-17-9-7-14(8-10-17)18(28)27-12-21(30,13-27)15-5-4-6-16(11-15)22(23,24)25/h4-11,30H,12-13H2,1-3H3,(H,26,29). The van der Waals surface area contributed by atoms with Gasteiger partial charge in [0.25, 0.3) is 5.91 Å². The minimum Gasteiger partial charge on any atom is -0.444 e. The highest BCUT2D eigenvalue weighted by Crippen LogP contribution is 2.36. The molecule has 166 valence electrons. The first-order valence-corrected chi connectivity index (χ1v) is 9.56. The van der Waals surface area contributed by atoms with Gasteiger partial charge < -0.3 is 14.7 Å². The second-order valence-corrected chi connectivity index (χ2v) is 8.48. The number of benzene rings is 2. The fourth-order valence-electron chi connectivity index (χ4n) is 3.20. The van der Waals surface area contributed by atoms with Crippen LogP contribution in [0, 0.1) is 0 Å². The number of carbonyl (C=O) groups excluding carboxylic acids is 2. The maximum absolute atomic E-state index is 12.9. The molecule has 1 fully saturated rings. The molecule has 31 heavy (non-hydrogen) atoms. The first kappa shape index (κ1) is 22.6. The highest BCUT2D eigenvalue weighted by Gasteiger charge is 2.46. The van der Waals surface area contributed by atoms with Gasteiger partial charge in [0.15, 0.2) is 0 Å². The van der Waals surface area contributed by atoms with E-state index < -0.39 is 29.0 Å². The normalized spacial score (nSPS) is 15.8. The smallest absolute Gasteiger partial charge is 0.416 e. The number of β-amino-alcohol motifs (C(OH)–C–C–N with tert-alkyl or cyclic N) is 1. The molecule has 0 bridgehead atoms. The van der Waals surface area contributed by atoms with E-state index in [1.165, 1.54) is 41.3 Å². The van der Waals surface area contributed by atoms with Gasteiger partial charge in [0.05, 0.1) is 18.7 Å². The molecule has 0 aromatic heterocycles. The van der Waals surface area contributed by atoms with Crippen LogP contribution in [-0.4, -0.2) is 40.7 Å². The Balaban J connectivity index is 1.62. The molecule has 0 atom stereocenters. The third kappa shape index (κ3) is 5.35. The SMILES string of the molecule is CC(C)(C)OC(=O)Nc1ccc(C(=O)N2CC(O)(c3cccc(C(F)(F)F)c3)C2)cc1. The lowest BCUT2D eigenvalue weighted by Crippen LogP contribution is -2.61. The average Bonchev–Trinajstić information content (AvgIpc) is 2.63. The summed E-state index contributed by atoms with van der Waals surface area (Å²) in [5.41, 5.74) is -2.15. The van der Waals surface area contributed by atoms with Crippen molar-refractivity contribution in [1.82, 2.24) is 4.90 Å². The minimum atomic E-state index is -4.51. The number of nitrogens with one attached hydrogen (secondary N) is 1. The quantitative estimate of drug-likeness (QED) is 0.748. The summed E-state index contributed by atoms with van der Waals surface area (Å²) in [4.78, 5) is 25.8. The van der Waals surface area contributed by atoms with Crippen LogP contribution in [-0.2, 0) is 16.5 Å². The third-order valence-electron chi connectivity index (χ3n) is 4.70. The molecule has 1 heterocycles. The lowest BCUT2D eigenvalue weighted by atomic mass is 9.85. The first-order chi connectivity index (χ1) is 14.3. The van der Waals surface area contributed by atoms with Crippen molar-refractivity contribution in [3.05, 3.63) is 65.2 Å². The van der Waals surface area contributed by atoms with Gasteiger partial charge in [0.2, 0.25) is 0 Å². The highest BCUT2D eigenvalue weighted by atomic mass is 19.4. The summed E-state index contributed by atoms with van der Waals surface area (Å²) in [5, 5.41) is 13.2. The van der Waals surface area contributed by atoms with E-state index in [2.05, 4.69) is 5.32 Å². The van der Waals surface area contributed by atoms with Crippen LogP contribution in [0.3, 0.4) is 0 Å². The van der Waals surface area contributed by atoms with E-state index in [1.54, 1.807) is 20.8 Å². The van der Waals surface area contributed by atoms with E-state index in [0.29, 0.717) is 11.3 Å². The number of hydrogen-bond donors (Lipinski definition) is 2. The van der Waals surface area contributed by atoms with E-state index in [4.69, 9.17) is 4.74 Å². The van der Waals surface area contributed by atoms with Crippen molar-refractivity contribution in [1.29, 1.82) is 0 Å². The zero-order valence-electron chi connectivity index (χ0n) is 17.3. The number of anilines is 1. The second-order valence-electron chi connectivity index (χ2n) is 8.48. The number of hydrogen-bond acceptors (Lipinski definition) is 4. The number of ether oxygens (including phenoxy) is 1. The van der Waals surface area contributed by atoms with E-state index in [1.807, 2.05) is 0 Å². The molecule has 0 aliphatic carbocycles. The van der Waals surface area contributed by atoms with Gasteiger partial charge in [-0.1, -0.05) is 12.1 Å². The zero-order valence-corrected chi connectivity index (χ0v) is 17.3. The number of likely N-dealkylation sites (tertiary alicyclic amines) is 1. The number of rotatable bonds is 3. The van der Waals surface area contributed by atoms with Crippen LogP contribution >= 0.6 is 0 Å². The molecular weight excluding hydrogens is 413 g/mol. The van der Waals surface area contributed by atoms with Crippen molar-refractivity contribution in [3.8, 4) is 0 Å². The van der Waals surface area contributed by atoms with Crippen LogP contribution in [0.25, 0.3) is 0 Å². The van der Waals surface area contributed by atoms with E-state index in [9.17, 15) is 27.9 Å². The number of alkyl halides is 3. The summed E-state index contributed by atoms with van der Waals surface area (Å²) >= 11 is 0. The molecule has 1 aliphatic rings. The van der Waals surface area contributed by atoms with Crippen molar-refractivity contribution >= 4 is 17.7 Å². The maximum atomic E-state index is 12.9. The highest BCUT2D eigenvalue weighted by molar-refractivity contribution is 5.96. The van der Waals surface area contributed by atoms with Gasteiger partial charge >= 0.3 is 12.3 Å². The molecule has 3 rings (SSSR count). The lowest BCUT2D eigenvalue weighted by Gasteiger charge is -2.46. The van der Waals surface area contributed by atoms with Crippen LogP contribution in [0.15, 0.2) is 48.5 Å². The van der Waals surface area contributed by atoms with Gasteiger partial charge in [0, 0.05) is 11.3 Å². The minimum absolute atomic E-state index is 0.114. The molecule has 9 heteroatoms. The lowest BCUT2D eigenvalue weighted by molar-refractivity contribution is -0.138. The fourth-order valence-corrected chi connectivity index (χ4v) is 3.20. The summed E-state index contributed by atoms with van der Waals surface area (Å²) in [6.45, 7) is 4.97. The van der Waals surface area contributed by atoms with E-state index in [0.717, 1.165) is 12.1 Å². The van der Waals surface area contributed by atoms with Gasteiger partial charge in [-0.05, 0) is 62.7 Å². The van der Waals surface area contributed by atoms with Gasteiger partial charge in [-0.3, -0.25) is 10.1 Å². The summed E-state index contributed by atoms with van der Waals surface area (Å²) in [6, 6.07) is 10.6. The largest absolute Gasteiger partial charge is 0.444 e. The summed E-state index contributed by atoms with van der Waals surface area (Å²) in [5.74, 6) is -0.375. The van der Waals surface area contributed by atoms with Crippen molar-refractivity contribution < 1.29 is 32.6 Å². The Kier molecular flexibility index (Phi) is 5.75. The average molecular weight is 436 g/mol. The molecule has 2 aromatic carbocycles. The first-order valence-electron chi connectivity index (χ1n) is 9.56. The molecule has 0 saturated carbocycles. The number of aliphatic hydroxyl groups is 1. The zero-order chi connectivity index (χ0) is 23.0. The molecule has 0 radical (unpaired) electrons. The molecule has 2 amide bonds. The number of nitrogens with zero attached hydrogens (tertiary/aromatic N) is 1. The number of halogens is 3. The van der Waals surface area contributed by atoms with Gasteiger partial charge in [0.1, 0.15) is 11.2 Å². The van der Waals surface area contributed by atoms with Crippen molar-refractivity contribution in [2.45, 2.75) is 38.1 Å². The molecule has 1 aliphatic heterocycles. The van der Waals surface area contributed by atoms with E-state index in [-0.39, 0.29) is 24.6 Å². The van der Waals surface area contributed by atoms with Crippen molar-refractivity contribution in [2.75, 3.05) is 18.4 Å². The number of carbonyl (C=O) groups is 2. The Labute approximate surface area is 177 Å². The topological polar surface area (TPSA) is 78.9 Å². The number of amides is 2. The Morgan fingerprint density at radius 2 is 1.68 bits per heavy atom. The summed E-state index contributed by atoms with van der Waals surface area (Å²) < 4.78 is 43.9. The van der Waals surface area contributed by atoms with Crippen LogP contribution in [0.1, 0.15) is 42.3 Å². The Morgan fingerprint density at radius 1 is 1.06 bits per heavy atom. The van der Waals surface area contributed by atoms with Crippen LogP contribution in [0.2, 0.25) is 0 Å². The molecule has 0 unspecified atom stereocenters. The Bertz CT molecular complexity index is 975. The van der Waals surface area contributed by atoms with Crippen molar-refractivity contribution in [2.24, 2.45) is 0 Å². The second kappa shape index (κ2) is 7.88. The van der Waals surface area contributed by atoms with Crippen LogP contribution in [0.4, 0.5) is 23.7 Å². The summed E-state index contributed by atoms with van der Waals surface area (Å²) in [6.07, 6.45) is -5.14. The van der Waals surface area contributed by atoms with E-state index >= 15 is 0 Å². The molecule has 1 saturated heterocycles. The molecule has 2 aromatic rings. The molecule has 0 spiro atoms. The monoisotopic (exact) mass is 436 g/mol. The molecule has 6 nitrogen and oxygen atoms in total. The third-order valence-corrected chi connectivity index (χ3v) is 4.70.